The summed E-state index contributed by atoms with van der Waals surface area (Å²) in [5, 5.41) is 36.1. The number of nitrogens with zero attached hydrogens (tertiary/aromatic N) is 4. The normalized spacial score (nSPS) is 23.9. The van der Waals surface area contributed by atoms with E-state index in [-0.39, 0.29) is 17.0 Å². The minimum absolute atomic E-state index is 0.0426. The number of carbonyl (C=O) groups excluding carboxylic acids is 1. The minimum Gasteiger partial charge on any atom is -0.481 e. The largest absolute Gasteiger partial charge is 0.490 e. The number of ketones is 1. The van der Waals surface area contributed by atoms with E-state index in [0.29, 0.717) is 0 Å². The molecule has 6 atom stereocenters. The van der Waals surface area contributed by atoms with E-state index in [1.54, 1.807) is 0 Å². The van der Waals surface area contributed by atoms with Gasteiger partial charge in [-0.3, -0.25) is 18.7 Å². The molecule has 1 saturated heterocycles. The number of aliphatic hydroxyl groups is 2. The fourth-order valence-electron chi connectivity index (χ4n) is 2.84. The van der Waals surface area contributed by atoms with Crippen molar-refractivity contribution in [1.29, 1.82) is 0 Å². The Hall–Kier alpha value is -2.75. The molecule has 23 nitrogen and oxygen atoms in total. The van der Waals surface area contributed by atoms with Gasteiger partial charge in [0.25, 0.3) is 5.78 Å². The molecule has 0 aliphatic carbocycles. The third-order valence-corrected chi connectivity index (χ3v) is 8.17. The van der Waals surface area contributed by atoms with Crippen molar-refractivity contribution in [3.8, 4) is 0 Å². The predicted octanol–water partition coefficient (Wildman–Crippen LogP) is -2.51. The fourth-order valence-corrected chi connectivity index (χ4v) is 5.87. The third-order valence-electron chi connectivity index (χ3n) is 4.37. The highest BCUT2D eigenvalue weighted by molar-refractivity contribution is 7.66. The van der Waals surface area contributed by atoms with Crippen molar-refractivity contribution in [1.82, 2.24) is 19.5 Å². The number of hydrogen-bond acceptors (Lipinski definition) is 16. The van der Waals surface area contributed by atoms with Gasteiger partial charge in [-0.1, -0.05) is 0 Å². The molecular weight excluding hydrogens is 619 g/mol. The molecule has 224 valence electrons. The molecule has 2 aromatic heterocycles. The van der Waals surface area contributed by atoms with Crippen LogP contribution in [0.25, 0.3) is 11.2 Å². The lowest BCUT2D eigenvalue weighted by Gasteiger charge is -2.19. The first-order valence-electron chi connectivity index (χ1n) is 9.94. The van der Waals surface area contributed by atoms with Gasteiger partial charge >= 0.3 is 35.4 Å². The monoisotopic (exact) mass is 639 g/mol. The van der Waals surface area contributed by atoms with Crippen molar-refractivity contribution in [3.63, 3.8) is 0 Å². The number of nitrogen functional groups attached to an aromatic ring is 1. The van der Waals surface area contributed by atoms with Gasteiger partial charge < -0.3 is 50.5 Å². The first kappa shape index (κ1) is 33.5. The van der Waals surface area contributed by atoms with E-state index in [9.17, 15) is 43.2 Å². The van der Waals surface area contributed by atoms with Crippen molar-refractivity contribution in [2.45, 2.75) is 31.0 Å². The molecule has 2 aromatic rings. The number of phosphoric ester groups is 1. The number of fused-ring (bicyclic) bond motifs is 1. The first-order valence-corrected chi connectivity index (χ1v) is 14.5. The summed E-state index contributed by atoms with van der Waals surface area (Å²) in [6, 6.07) is 0. The Bertz CT molecular complexity index is 1410. The van der Waals surface area contributed by atoms with E-state index in [2.05, 4.69) is 28.1 Å². The summed E-state index contributed by atoms with van der Waals surface area (Å²) in [5.74, 6) is -4.40. The molecule has 3 rings (SSSR count). The summed E-state index contributed by atoms with van der Waals surface area (Å²) in [6.45, 7) is -0.956. The number of aromatic nitrogens is 4. The van der Waals surface area contributed by atoms with Crippen LogP contribution in [0.2, 0.25) is 0 Å². The first-order chi connectivity index (χ1) is 18.2. The topological polar surface area (TPSA) is 371 Å². The summed E-state index contributed by atoms with van der Waals surface area (Å²) in [5.41, 5.74) is 6.00. The predicted molar refractivity (Wildman–Crippen MR) is 120 cm³/mol. The maximum atomic E-state index is 11.8. The average molecular weight is 639 g/mol. The smallest absolute Gasteiger partial charge is 0.481 e. The van der Waals surface area contributed by atoms with Crippen LogP contribution in [0.3, 0.4) is 0 Å². The van der Waals surface area contributed by atoms with Crippen LogP contribution in [0, 0.1) is 0 Å². The summed E-state index contributed by atoms with van der Waals surface area (Å²) in [6.07, 6.45) is -4.64. The fraction of sp³-hybridized carbons (Fsp3) is 0.429. The van der Waals surface area contributed by atoms with E-state index < -0.39 is 78.8 Å². The number of hydrogen-bond donors (Lipinski definition) is 9. The van der Waals surface area contributed by atoms with E-state index in [0.717, 1.165) is 6.33 Å². The molecule has 0 saturated carbocycles. The molecule has 40 heavy (non-hydrogen) atoms. The Balaban J connectivity index is 0.000000536. The SMILES string of the molecule is Nc1ncnc2c1ncn2[C@@H]1O[C@H](COP(=O)(O)OP(=O)(O)OP(=O)(O)O)[C@@H](O)[C@H]1O.O=C(O)CC(=O)C(=O)O. The van der Waals surface area contributed by atoms with Gasteiger partial charge in [-0.05, 0) is 0 Å². The van der Waals surface area contributed by atoms with Gasteiger partial charge in [0.2, 0.25) is 0 Å². The second-order valence-electron chi connectivity index (χ2n) is 7.31. The number of nitrogens with two attached hydrogens (primary N) is 1. The molecule has 0 radical (unpaired) electrons. The van der Waals surface area contributed by atoms with Gasteiger partial charge in [0.05, 0.1) is 12.9 Å². The average Bonchev–Trinajstić information content (AvgIpc) is 3.32. The van der Waals surface area contributed by atoms with Crippen molar-refractivity contribution in [3.05, 3.63) is 12.7 Å². The number of phosphoric acid groups is 3. The second kappa shape index (κ2) is 12.8. The molecule has 3 heterocycles. The zero-order valence-corrected chi connectivity index (χ0v) is 21.9. The highest BCUT2D eigenvalue weighted by Gasteiger charge is 2.47. The van der Waals surface area contributed by atoms with Gasteiger partial charge in [-0.15, -0.1) is 0 Å². The Morgan fingerprint density at radius 1 is 0.975 bits per heavy atom. The number of imidazole rings is 1. The number of Topliss-reactive ketones (excluding diaryl/α,β-unsaturated/α-hetero) is 1. The lowest BCUT2D eigenvalue weighted by atomic mass is 10.1. The lowest BCUT2D eigenvalue weighted by molar-refractivity contribution is -0.152. The zero-order valence-electron chi connectivity index (χ0n) is 19.2. The Morgan fingerprint density at radius 3 is 2.12 bits per heavy atom. The second-order valence-corrected chi connectivity index (χ2v) is 11.7. The molecule has 0 aromatic carbocycles. The van der Waals surface area contributed by atoms with Crippen LogP contribution in [-0.2, 0) is 46.0 Å². The van der Waals surface area contributed by atoms with Crippen LogP contribution < -0.4 is 5.73 Å². The summed E-state index contributed by atoms with van der Waals surface area (Å²) >= 11 is 0. The van der Waals surface area contributed by atoms with Crippen LogP contribution in [0.1, 0.15) is 12.6 Å². The number of rotatable bonds is 11. The molecule has 0 bridgehead atoms. The van der Waals surface area contributed by atoms with Crippen molar-refractivity contribution >= 4 is 58.2 Å². The van der Waals surface area contributed by atoms with E-state index in [1.807, 2.05) is 0 Å². The molecule has 1 fully saturated rings. The zero-order chi connectivity index (χ0) is 30.6. The maximum absolute atomic E-state index is 11.8. The Kier molecular flexibility index (Phi) is 10.7. The van der Waals surface area contributed by atoms with E-state index >= 15 is 0 Å². The standard InChI is InChI=1S/C10H16N5O13P3.C4H4O5/c11-8-5-9(13-2-12-8)15(3-14-5)10-7(17)6(16)4(26-10)1-25-30(21,22)28-31(23,24)27-29(18,19)20;5-2(4(8)9)1-3(6)7/h2-4,6-7,10,16-17H,1H2,(H,21,22)(H,23,24)(H2,11,12,13)(H2,18,19,20);1H2,(H,6,7)(H,8,9)/t4-,6-,7-,10-;/m1./s1. The van der Waals surface area contributed by atoms with Crippen molar-refractivity contribution in [2.24, 2.45) is 0 Å². The molecule has 26 heteroatoms. The maximum Gasteiger partial charge on any atom is 0.490 e. The van der Waals surface area contributed by atoms with Crippen LogP contribution in [0.5, 0.6) is 0 Å². The molecular formula is C14H20N5O18P3. The number of ether oxygens (including phenoxy) is 1. The number of carboxylic acid groups (broad SMARTS) is 2. The quantitative estimate of drug-likeness (QED) is 0.0695. The molecule has 2 unspecified atom stereocenters. The molecule has 0 spiro atoms. The lowest BCUT2D eigenvalue weighted by Crippen LogP contribution is -2.33. The van der Waals surface area contributed by atoms with Gasteiger partial charge in [-0.25, -0.2) is 33.4 Å². The van der Waals surface area contributed by atoms with E-state index in [4.69, 9.17) is 35.4 Å². The van der Waals surface area contributed by atoms with Crippen LogP contribution in [0.4, 0.5) is 5.82 Å². The van der Waals surface area contributed by atoms with Crippen molar-refractivity contribution in [2.75, 3.05) is 12.3 Å². The highest BCUT2D eigenvalue weighted by Crippen LogP contribution is 2.66. The number of anilines is 1. The number of carboxylic acids is 2. The van der Waals surface area contributed by atoms with Gasteiger partial charge in [0.15, 0.2) is 17.7 Å². The van der Waals surface area contributed by atoms with E-state index in [1.165, 1.54) is 10.9 Å². The van der Waals surface area contributed by atoms with Gasteiger partial charge in [0, 0.05) is 0 Å². The van der Waals surface area contributed by atoms with Crippen molar-refractivity contribution < 1.29 is 86.0 Å². The molecule has 0 amide bonds. The van der Waals surface area contributed by atoms with Gasteiger partial charge in [0.1, 0.15) is 36.6 Å². The highest BCUT2D eigenvalue weighted by atomic mass is 31.3. The summed E-state index contributed by atoms with van der Waals surface area (Å²) < 4.78 is 51.9. The van der Waals surface area contributed by atoms with Crippen LogP contribution in [0.15, 0.2) is 12.7 Å². The van der Waals surface area contributed by atoms with Crippen LogP contribution >= 0.6 is 23.5 Å². The summed E-state index contributed by atoms with van der Waals surface area (Å²) in [4.78, 5) is 76.5. The number of aliphatic hydroxyl groups excluding tert-OH is 2. The Labute approximate surface area is 220 Å². The third kappa shape index (κ3) is 9.42. The molecule has 1 aliphatic heterocycles. The molecule has 10 N–H and O–H groups in total. The minimum atomic E-state index is -5.70. The number of aliphatic carboxylic acids is 2. The number of carbonyl (C=O) groups is 3. The van der Waals surface area contributed by atoms with Gasteiger partial charge in [-0.2, -0.15) is 8.62 Å². The molecule has 1 aliphatic rings. The summed E-state index contributed by atoms with van der Waals surface area (Å²) in [7, 11) is -16.7. The Morgan fingerprint density at radius 2 is 1.60 bits per heavy atom. The van der Waals surface area contributed by atoms with Crippen LogP contribution in [-0.4, -0.2) is 102 Å².